The Hall–Kier alpha value is -2.73. The van der Waals surface area contributed by atoms with Crippen molar-refractivity contribution in [2.24, 2.45) is 5.16 Å². The molecule has 1 saturated heterocycles. The van der Waals surface area contributed by atoms with Crippen LogP contribution >= 0.6 is 0 Å². The summed E-state index contributed by atoms with van der Waals surface area (Å²) in [5, 5.41) is 3.96. The minimum Gasteiger partial charge on any atom is -0.384 e. The monoisotopic (exact) mass is 472 g/mol. The van der Waals surface area contributed by atoms with Crippen molar-refractivity contribution < 1.29 is 30.8 Å². The summed E-state index contributed by atoms with van der Waals surface area (Å²) < 4.78 is 80.6. The van der Waals surface area contributed by atoms with E-state index in [9.17, 15) is 26.0 Å². The molecule has 3 atom stereocenters. The number of alkyl halides is 2. The number of aryl methyl sites for hydroxylation is 1. The first-order chi connectivity index (χ1) is 15.2. The van der Waals surface area contributed by atoms with Crippen LogP contribution < -0.4 is 4.72 Å². The van der Waals surface area contributed by atoms with Crippen LogP contribution in [0.3, 0.4) is 0 Å². The van der Waals surface area contributed by atoms with E-state index in [1.807, 2.05) is 4.72 Å². The number of oxime groups is 1. The fourth-order valence-corrected chi connectivity index (χ4v) is 4.58. The summed E-state index contributed by atoms with van der Waals surface area (Å²) in [6.07, 6.45) is -0.680. The Balaban J connectivity index is 1.55. The lowest BCUT2D eigenvalue weighted by atomic mass is 9.97. The van der Waals surface area contributed by atoms with Gasteiger partial charge in [-0.1, -0.05) is 11.2 Å². The van der Waals surface area contributed by atoms with Gasteiger partial charge < -0.3 is 9.74 Å². The molecule has 2 aliphatic rings. The largest absolute Gasteiger partial charge is 0.384 e. The third-order valence-corrected chi connectivity index (χ3v) is 6.28. The SMILES string of the molecule is Cc1cnc([C@@H]2CC(N3C[C@@H](F)[C@H](NS(=O)(=O)CF)C3)=NO2)c(-c2c(F)cccc2F)c1. The Labute approximate surface area is 182 Å². The molecule has 0 spiro atoms. The summed E-state index contributed by atoms with van der Waals surface area (Å²) in [5.41, 5.74) is 0.944. The van der Waals surface area contributed by atoms with Gasteiger partial charge in [-0.05, 0) is 30.7 Å². The number of benzene rings is 1. The summed E-state index contributed by atoms with van der Waals surface area (Å²) in [7, 11) is -4.22. The Bertz CT molecular complexity index is 1140. The van der Waals surface area contributed by atoms with Crippen LogP contribution in [0, 0.1) is 18.6 Å². The van der Waals surface area contributed by atoms with Crippen molar-refractivity contribution in [1.82, 2.24) is 14.6 Å². The highest BCUT2D eigenvalue weighted by Crippen LogP contribution is 2.37. The van der Waals surface area contributed by atoms with Gasteiger partial charge in [-0.2, -0.15) is 0 Å². The summed E-state index contributed by atoms with van der Waals surface area (Å²) in [6, 6.07) is 2.38. The predicted octanol–water partition coefficient (Wildman–Crippen LogP) is 2.98. The number of rotatable bonds is 5. The first kappa shape index (κ1) is 22.5. The van der Waals surface area contributed by atoms with Gasteiger partial charge in [-0.25, -0.2) is 30.7 Å². The molecule has 1 N–H and O–H groups in total. The Kier molecular flexibility index (Phi) is 6.08. The quantitative estimate of drug-likeness (QED) is 0.677. The van der Waals surface area contributed by atoms with Gasteiger partial charge in [-0.15, -0.1) is 0 Å². The lowest BCUT2D eigenvalue weighted by Gasteiger charge is -2.18. The molecule has 0 bridgehead atoms. The first-order valence-electron chi connectivity index (χ1n) is 9.77. The van der Waals surface area contributed by atoms with Gasteiger partial charge in [-0.3, -0.25) is 4.98 Å². The second-order valence-corrected chi connectivity index (χ2v) is 9.40. The van der Waals surface area contributed by atoms with Gasteiger partial charge in [0.05, 0.1) is 30.3 Å². The predicted molar refractivity (Wildman–Crippen MR) is 108 cm³/mol. The molecular formula is C20H20F4N4O3S. The van der Waals surface area contributed by atoms with E-state index in [2.05, 4.69) is 10.1 Å². The molecule has 0 saturated carbocycles. The molecule has 172 valence electrons. The van der Waals surface area contributed by atoms with Gasteiger partial charge in [0.1, 0.15) is 23.6 Å². The fourth-order valence-electron chi connectivity index (χ4n) is 3.84. The summed E-state index contributed by atoms with van der Waals surface area (Å²) in [5.74, 6) is -1.16. The highest BCUT2D eigenvalue weighted by Gasteiger charge is 2.40. The van der Waals surface area contributed by atoms with E-state index in [-0.39, 0.29) is 36.3 Å². The van der Waals surface area contributed by atoms with Crippen LogP contribution in [0.25, 0.3) is 11.1 Å². The van der Waals surface area contributed by atoms with Crippen LogP contribution in [0.15, 0.2) is 35.6 Å². The maximum atomic E-state index is 14.4. The van der Waals surface area contributed by atoms with Crippen molar-refractivity contribution >= 4 is 15.9 Å². The third kappa shape index (κ3) is 4.42. The fraction of sp³-hybridized carbons (Fsp3) is 0.400. The third-order valence-electron chi connectivity index (χ3n) is 5.33. The van der Waals surface area contributed by atoms with E-state index in [1.54, 1.807) is 13.0 Å². The van der Waals surface area contributed by atoms with E-state index < -0.39 is 46.0 Å². The molecule has 7 nitrogen and oxygen atoms in total. The number of hydrogen-bond donors (Lipinski definition) is 1. The lowest BCUT2D eigenvalue weighted by Crippen LogP contribution is -2.42. The van der Waals surface area contributed by atoms with Gasteiger partial charge in [0.25, 0.3) is 0 Å². The molecule has 12 heteroatoms. The second-order valence-electron chi connectivity index (χ2n) is 7.72. The zero-order chi connectivity index (χ0) is 23.0. The van der Waals surface area contributed by atoms with Crippen molar-refractivity contribution in [3.05, 3.63) is 53.4 Å². The number of nitrogens with zero attached hydrogens (tertiary/aromatic N) is 3. The first-order valence-corrected chi connectivity index (χ1v) is 11.4. The van der Waals surface area contributed by atoms with E-state index >= 15 is 0 Å². The Morgan fingerprint density at radius 1 is 1.25 bits per heavy atom. The maximum Gasteiger partial charge on any atom is 0.241 e. The Morgan fingerprint density at radius 3 is 2.66 bits per heavy atom. The second kappa shape index (κ2) is 8.66. The number of likely N-dealkylation sites (tertiary alicyclic amines) is 1. The average molecular weight is 472 g/mol. The number of amidine groups is 1. The van der Waals surface area contributed by atoms with Crippen LogP contribution in [0.4, 0.5) is 17.6 Å². The number of hydrogen-bond acceptors (Lipinski definition) is 6. The van der Waals surface area contributed by atoms with Crippen LogP contribution in [-0.2, 0) is 14.9 Å². The van der Waals surface area contributed by atoms with E-state index in [1.165, 1.54) is 17.2 Å². The van der Waals surface area contributed by atoms with E-state index in [0.717, 1.165) is 12.1 Å². The normalized spacial score (nSPS) is 23.3. The van der Waals surface area contributed by atoms with Crippen molar-refractivity contribution in [2.45, 2.75) is 31.7 Å². The number of aromatic nitrogens is 1. The van der Waals surface area contributed by atoms with E-state index in [0.29, 0.717) is 11.4 Å². The van der Waals surface area contributed by atoms with Crippen molar-refractivity contribution in [2.75, 3.05) is 19.1 Å². The van der Waals surface area contributed by atoms with Crippen molar-refractivity contribution in [1.29, 1.82) is 0 Å². The topological polar surface area (TPSA) is 83.9 Å². The molecule has 1 aromatic heterocycles. The Morgan fingerprint density at radius 2 is 1.97 bits per heavy atom. The molecule has 1 fully saturated rings. The van der Waals surface area contributed by atoms with Gasteiger partial charge in [0.15, 0.2) is 6.10 Å². The van der Waals surface area contributed by atoms with Crippen molar-refractivity contribution in [3.8, 4) is 11.1 Å². The van der Waals surface area contributed by atoms with Crippen LogP contribution in [-0.4, -0.2) is 55.4 Å². The molecule has 1 aromatic carbocycles. The average Bonchev–Trinajstić information content (AvgIpc) is 3.35. The molecular weight excluding hydrogens is 452 g/mol. The smallest absolute Gasteiger partial charge is 0.241 e. The summed E-state index contributed by atoms with van der Waals surface area (Å²) >= 11 is 0. The maximum absolute atomic E-state index is 14.4. The van der Waals surface area contributed by atoms with Crippen molar-refractivity contribution in [3.63, 3.8) is 0 Å². The lowest BCUT2D eigenvalue weighted by molar-refractivity contribution is 0.0828. The highest BCUT2D eigenvalue weighted by molar-refractivity contribution is 7.89. The minimum absolute atomic E-state index is 0.0641. The number of halogens is 4. The molecule has 2 aliphatic heterocycles. The van der Waals surface area contributed by atoms with Gasteiger partial charge in [0.2, 0.25) is 16.0 Å². The molecule has 0 amide bonds. The molecule has 2 aromatic rings. The van der Waals surface area contributed by atoms with Crippen LogP contribution in [0.1, 0.15) is 23.8 Å². The van der Waals surface area contributed by atoms with Gasteiger partial charge >= 0.3 is 0 Å². The molecule has 0 radical (unpaired) electrons. The summed E-state index contributed by atoms with van der Waals surface area (Å²) in [6.45, 7) is 1.51. The highest BCUT2D eigenvalue weighted by atomic mass is 32.2. The zero-order valence-electron chi connectivity index (χ0n) is 16.9. The van der Waals surface area contributed by atoms with Gasteiger partial charge in [0, 0.05) is 18.3 Å². The van der Waals surface area contributed by atoms with Crippen LogP contribution in [0.5, 0.6) is 0 Å². The zero-order valence-corrected chi connectivity index (χ0v) is 17.8. The molecule has 0 aliphatic carbocycles. The standard InChI is InChI=1S/C20H20F4N4O3S/c1-11-5-12(19-13(22)3-2-4-14(19)23)20(25-7-11)17-6-18(26-31-17)28-8-15(24)16(9-28)27-32(29,30)10-21/h2-5,7,15-17,27H,6,8-10H2,1H3/t15-,16-,17+/m1/s1. The molecule has 4 rings (SSSR count). The number of sulfonamides is 1. The molecule has 32 heavy (non-hydrogen) atoms. The number of nitrogens with one attached hydrogen (secondary N) is 1. The minimum atomic E-state index is -4.22. The summed E-state index contributed by atoms with van der Waals surface area (Å²) in [4.78, 5) is 11.3. The molecule has 3 heterocycles. The van der Waals surface area contributed by atoms with E-state index in [4.69, 9.17) is 4.84 Å². The van der Waals surface area contributed by atoms with Crippen LogP contribution in [0.2, 0.25) is 0 Å². The number of pyridine rings is 1. The molecule has 0 unspecified atom stereocenters.